The Labute approximate surface area is 289 Å². The smallest absolute Gasteiger partial charge is 0.165 e. The van der Waals surface area contributed by atoms with Gasteiger partial charge in [-0.05, 0) is 65.7 Å². The Balaban J connectivity index is 1.29. The molecule has 0 atom stereocenters. The third-order valence-electron chi connectivity index (χ3n) is 9.89. The first kappa shape index (κ1) is 28.3. The molecule has 0 radical (unpaired) electrons. The summed E-state index contributed by atoms with van der Waals surface area (Å²) < 4.78 is 0. The number of aromatic nitrogens is 3. The summed E-state index contributed by atoms with van der Waals surface area (Å²) in [5.41, 5.74) is 5.26. The van der Waals surface area contributed by atoms with Crippen LogP contribution in [0.15, 0.2) is 176 Å². The molecule has 3 nitrogen and oxygen atoms in total. The maximum Gasteiger partial charge on any atom is 0.165 e. The minimum Gasteiger partial charge on any atom is -0.208 e. The molecular weight excluding hydrogens is 607 g/mol. The summed E-state index contributed by atoms with van der Waals surface area (Å²) in [5.74, 6) is 1.95. The second-order valence-corrected chi connectivity index (χ2v) is 12.8. The van der Waals surface area contributed by atoms with Gasteiger partial charge in [-0.2, -0.15) is 0 Å². The van der Waals surface area contributed by atoms with Crippen molar-refractivity contribution in [2.45, 2.75) is 0 Å². The Hall–Kier alpha value is -6.71. The topological polar surface area (TPSA) is 38.7 Å². The van der Waals surface area contributed by atoms with Crippen molar-refractivity contribution in [3.8, 4) is 45.3 Å². The minimum absolute atomic E-state index is 0.642. The molecule has 1 heterocycles. The van der Waals surface area contributed by atoms with Crippen molar-refractivity contribution in [3.63, 3.8) is 0 Å². The second kappa shape index (κ2) is 11.5. The van der Waals surface area contributed by atoms with Crippen LogP contribution >= 0.6 is 0 Å². The van der Waals surface area contributed by atoms with Gasteiger partial charge in [-0.25, -0.2) is 15.0 Å². The maximum absolute atomic E-state index is 5.38. The highest BCUT2D eigenvalue weighted by molar-refractivity contribution is 6.19. The van der Waals surface area contributed by atoms with Crippen molar-refractivity contribution in [1.82, 2.24) is 15.0 Å². The van der Waals surface area contributed by atoms with Gasteiger partial charge in [0, 0.05) is 22.1 Å². The van der Waals surface area contributed by atoms with Crippen LogP contribution in [0.2, 0.25) is 0 Å². The molecule has 10 rings (SSSR count). The van der Waals surface area contributed by atoms with Crippen LogP contribution < -0.4 is 0 Å². The van der Waals surface area contributed by atoms with Gasteiger partial charge in [0.1, 0.15) is 0 Å². The molecule has 0 bridgehead atoms. The summed E-state index contributed by atoms with van der Waals surface area (Å²) in [4.78, 5) is 15.9. The Morgan fingerprint density at radius 1 is 0.280 bits per heavy atom. The Bertz CT molecular complexity index is 2910. The van der Waals surface area contributed by atoms with Crippen molar-refractivity contribution in [2.75, 3.05) is 0 Å². The first-order chi connectivity index (χ1) is 24.8. The molecule has 232 valence electrons. The lowest BCUT2D eigenvalue weighted by Gasteiger charge is -2.15. The van der Waals surface area contributed by atoms with E-state index >= 15 is 0 Å². The number of nitrogens with zero attached hydrogens (tertiary/aromatic N) is 3. The van der Waals surface area contributed by atoms with Crippen molar-refractivity contribution in [2.24, 2.45) is 0 Å². The minimum atomic E-state index is 0.642. The number of hydrogen-bond donors (Lipinski definition) is 0. The molecule has 0 aliphatic carbocycles. The fourth-order valence-corrected chi connectivity index (χ4v) is 7.49. The van der Waals surface area contributed by atoms with Gasteiger partial charge >= 0.3 is 0 Å². The van der Waals surface area contributed by atoms with E-state index in [0.29, 0.717) is 17.5 Å². The molecule has 1 aromatic heterocycles. The Morgan fingerprint density at radius 3 is 1.66 bits per heavy atom. The maximum atomic E-state index is 5.38. The highest BCUT2D eigenvalue weighted by Gasteiger charge is 2.19. The van der Waals surface area contributed by atoms with E-state index in [-0.39, 0.29) is 0 Å². The predicted octanol–water partition coefficient (Wildman–Crippen LogP) is 12.3. The van der Waals surface area contributed by atoms with Gasteiger partial charge in [0.25, 0.3) is 0 Å². The fraction of sp³-hybridized carbons (Fsp3) is 0. The Morgan fingerprint density at radius 2 is 0.840 bits per heavy atom. The van der Waals surface area contributed by atoms with Crippen LogP contribution in [0.5, 0.6) is 0 Å². The van der Waals surface area contributed by atoms with Crippen LogP contribution in [0.1, 0.15) is 0 Å². The molecular formula is C47H29N3. The lowest BCUT2D eigenvalue weighted by molar-refractivity contribution is 1.08. The third kappa shape index (κ3) is 4.63. The van der Waals surface area contributed by atoms with E-state index in [1.54, 1.807) is 0 Å². The normalized spacial score (nSPS) is 11.6. The van der Waals surface area contributed by atoms with Crippen LogP contribution in [0.25, 0.3) is 99.2 Å². The van der Waals surface area contributed by atoms with Crippen LogP contribution in [-0.2, 0) is 0 Å². The molecule has 0 amide bonds. The molecule has 0 aliphatic rings. The molecule has 50 heavy (non-hydrogen) atoms. The first-order valence-electron chi connectivity index (χ1n) is 16.9. The van der Waals surface area contributed by atoms with E-state index in [0.717, 1.165) is 49.2 Å². The molecule has 3 heteroatoms. The van der Waals surface area contributed by atoms with Gasteiger partial charge in [-0.15, -0.1) is 0 Å². The molecule has 0 unspecified atom stereocenters. The van der Waals surface area contributed by atoms with Crippen LogP contribution in [0, 0.1) is 0 Å². The lowest BCUT2D eigenvalue weighted by Crippen LogP contribution is -2.02. The van der Waals surface area contributed by atoms with Crippen LogP contribution in [0.4, 0.5) is 0 Å². The average molecular weight is 636 g/mol. The summed E-state index contributed by atoms with van der Waals surface area (Å²) >= 11 is 0. The summed E-state index contributed by atoms with van der Waals surface area (Å²) in [6.07, 6.45) is 0. The zero-order chi connectivity index (χ0) is 33.0. The highest BCUT2D eigenvalue weighted by atomic mass is 15.0. The molecule has 0 saturated carbocycles. The Kier molecular flexibility index (Phi) is 6.49. The molecule has 0 N–H and O–H groups in total. The van der Waals surface area contributed by atoms with Crippen LogP contribution in [0.3, 0.4) is 0 Å². The van der Waals surface area contributed by atoms with E-state index < -0.39 is 0 Å². The van der Waals surface area contributed by atoms with E-state index in [9.17, 15) is 0 Å². The molecule has 0 spiro atoms. The predicted molar refractivity (Wildman–Crippen MR) is 209 cm³/mol. The summed E-state index contributed by atoms with van der Waals surface area (Å²) in [5, 5.41) is 11.6. The molecule has 0 fully saturated rings. The van der Waals surface area contributed by atoms with Crippen LogP contribution in [-0.4, -0.2) is 15.0 Å². The molecule has 0 aliphatic heterocycles. The monoisotopic (exact) mass is 635 g/mol. The van der Waals surface area contributed by atoms with Gasteiger partial charge in [0.05, 0.1) is 0 Å². The van der Waals surface area contributed by atoms with E-state index in [2.05, 4.69) is 170 Å². The lowest BCUT2D eigenvalue weighted by atomic mass is 9.93. The molecule has 10 aromatic rings. The highest BCUT2D eigenvalue weighted by Crippen LogP contribution is 2.40. The quantitative estimate of drug-likeness (QED) is 0.143. The second-order valence-electron chi connectivity index (χ2n) is 12.8. The molecule has 9 aromatic carbocycles. The average Bonchev–Trinajstić information content (AvgIpc) is 3.20. The van der Waals surface area contributed by atoms with E-state index in [1.165, 1.54) is 32.5 Å². The van der Waals surface area contributed by atoms with Crippen molar-refractivity contribution < 1.29 is 0 Å². The zero-order valence-electron chi connectivity index (χ0n) is 27.1. The van der Waals surface area contributed by atoms with E-state index in [1.807, 2.05) is 6.07 Å². The van der Waals surface area contributed by atoms with Crippen molar-refractivity contribution >= 4 is 53.9 Å². The van der Waals surface area contributed by atoms with Gasteiger partial charge in [-0.1, -0.05) is 170 Å². The van der Waals surface area contributed by atoms with Gasteiger partial charge in [-0.3, -0.25) is 0 Å². The summed E-state index contributed by atoms with van der Waals surface area (Å²) in [7, 11) is 0. The number of fused-ring (bicyclic) bond motifs is 7. The molecule has 0 saturated heterocycles. The number of rotatable bonds is 4. The SMILES string of the molecule is c1ccc(-c2ccc(-c3nc(-c4c5ccccc5cc5c4ccc4ccccc45)nc(-c4cccc5ccc6ccccc6c45)n3)cc2)cc1. The van der Waals surface area contributed by atoms with E-state index in [4.69, 9.17) is 15.0 Å². The van der Waals surface area contributed by atoms with Crippen molar-refractivity contribution in [1.29, 1.82) is 0 Å². The standard InChI is InChI=1S/C47H29N3/c1-2-11-30(12-3-1)31-21-25-35(26-22-31)45-48-46(41-20-10-16-34-24-23-33-14-5-8-18-38(33)43(34)41)50-47(49-45)44-39-19-9-6-15-36(39)29-42-37-17-7-4-13-32(37)27-28-40(42)44/h1-29H. The largest absolute Gasteiger partial charge is 0.208 e. The van der Waals surface area contributed by atoms with Gasteiger partial charge in [0.15, 0.2) is 17.5 Å². The number of hydrogen-bond acceptors (Lipinski definition) is 3. The third-order valence-corrected chi connectivity index (χ3v) is 9.89. The first-order valence-corrected chi connectivity index (χ1v) is 16.9. The zero-order valence-corrected chi connectivity index (χ0v) is 27.1. The summed E-state index contributed by atoms with van der Waals surface area (Å²) in [6, 6.07) is 62.2. The van der Waals surface area contributed by atoms with Crippen molar-refractivity contribution in [3.05, 3.63) is 176 Å². The van der Waals surface area contributed by atoms with Gasteiger partial charge < -0.3 is 0 Å². The van der Waals surface area contributed by atoms with Gasteiger partial charge in [0.2, 0.25) is 0 Å². The summed E-state index contributed by atoms with van der Waals surface area (Å²) in [6.45, 7) is 0. The fourth-order valence-electron chi connectivity index (χ4n) is 7.49. The number of benzene rings is 9.